The molecule has 5 unspecified atom stereocenters. The molecule has 0 rings (SSSR count). The summed E-state index contributed by atoms with van der Waals surface area (Å²) in [6.45, 7) is 38.6. The fourth-order valence-electron chi connectivity index (χ4n) is 11.1. The van der Waals surface area contributed by atoms with E-state index in [0.29, 0.717) is 32.5 Å². The van der Waals surface area contributed by atoms with Gasteiger partial charge in [-0.15, -0.1) is 0 Å². The number of unbranched alkanes of at least 4 members (excludes halogenated alkanes) is 1. The summed E-state index contributed by atoms with van der Waals surface area (Å²) in [7, 11) is 0. The van der Waals surface area contributed by atoms with Crippen molar-refractivity contribution in [1.29, 1.82) is 0 Å². The molecule has 0 saturated carbocycles. The molecule has 0 amide bonds. The second-order valence-electron chi connectivity index (χ2n) is 16.4. The van der Waals surface area contributed by atoms with E-state index >= 15 is 0 Å². The minimum Gasteiger partial charge on any atom is -0.0654 e. The van der Waals surface area contributed by atoms with E-state index in [4.69, 9.17) is 0 Å². The Hall–Kier alpha value is 0. The smallest absolute Gasteiger partial charge is 0.0195 e. The molecular formula is C40H82. The average molecular weight is 563 g/mol. The number of hydrogen-bond donors (Lipinski definition) is 0. The van der Waals surface area contributed by atoms with E-state index in [0.717, 1.165) is 5.92 Å². The molecule has 0 heterocycles. The summed E-state index contributed by atoms with van der Waals surface area (Å²) in [6, 6.07) is 0. The highest BCUT2D eigenvalue weighted by Crippen LogP contribution is 2.68. The lowest BCUT2D eigenvalue weighted by Gasteiger charge is -2.64. The van der Waals surface area contributed by atoms with Crippen LogP contribution in [0.2, 0.25) is 0 Å². The minimum absolute atomic E-state index is 0.306. The second-order valence-corrected chi connectivity index (χ2v) is 16.4. The Morgan fingerprint density at radius 3 is 1.35 bits per heavy atom. The highest BCUT2D eigenvalue weighted by molar-refractivity contribution is 5.09. The van der Waals surface area contributed by atoms with Crippen LogP contribution in [-0.2, 0) is 0 Å². The van der Waals surface area contributed by atoms with Crippen molar-refractivity contribution in [3.8, 4) is 0 Å². The monoisotopic (exact) mass is 563 g/mol. The summed E-state index contributed by atoms with van der Waals surface area (Å²) in [4.78, 5) is 0. The first-order chi connectivity index (χ1) is 18.6. The van der Waals surface area contributed by atoms with E-state index in [1.165, 1.54) is 116 Å². The zero-order valence-electron chi connectivity index (χ0n) is 31.3. The summed E-state index contributed by atoms with van der Waals surface area (Å²) in [5, 5.41) is 0. The van der Waals surface area contributed by atoms with Crippen LogP contribution >= 0.6 is 0 Å². The van der Waals surface area contributed by atoms with E-state index < -0.39 is 0 Å². The summed E-state index contributed by atoms with van der Waals surface area (Å²) in [5.74, 6) is 0.807. The second kappa shape index (κ2) is 17.3. The van der Waals surface area contributed by atoms with E-state index in [9.17, 15) is 0 Å². The van der Waals surface area contributed by atoms with Crippen molar-refractivity contribution in [2.45, 2.75) is 219 Å². The third-order valence-corrected chi connectivity index (χ3v) is 13.2. The lowest BCUT2D eigenvalue weighted by molar-refractivity contribution is -0.150. The zero-order chi connectivity index (χ0) is 31.3. The molecule has 0 radical (unpaired) electrons. The van der Waals surface area contributed by atoms with Gasteiger partial charge in [0, 0.05) is 0 Å². The molecule has 5 atom stereocenters. The lowest BCUT2D eigenvalue weighted by atomic mass is 9.40. The predicted octanol–water partition coefficient (Wildman–Crippen LogP) is 14.8. The van der Waals surface area contributed by atoms with E-state index in [-0.39, 0.29) is 0 Å². The maximum atomic E-state index is 2.82. The van der Waals surface area contributed by atoms with Crippen molar-refractivity contribution in [2.24, 2.45) is 38.4 Å². The van der Waals surface area contributed by atoms with Crippen LogP contribution in [0.25, 0.3) is 0 Å². The van der Waals surface area contributed by atoms with Crippen LogP contribution in [0.5, 0.6) is 0 Å². The van der Waals surface area contributed by atoms with Crippen LogP contribution in [0.15, 0.2) is 0 Å². The first kappa shape index (κ1) is 40.0. The van der Waals surface area contributed by atoms with Gasteiger partial charge in [0.2, 0.25) is 0 Å². The van der Waals surface area contributed by atoms with Gasteiger partial charge in [-0.2, -0.15) is 0 Å². The normalized spacial score (nSPS) is 19.9. The summed E-state index contributed by atoms with van der Waals surface area (Å²) < 4.78 is 0. The van der Waals surface area contributed by atoms with Crippen LogP contribution in [-0.4, -0.2) is 0 Å². The molecule has 0 heteroatoms. The summed E-state index contributed by atoms with van der Waals surface area (Å²) >= 11 is 0. The molecular weight excluding hydrogens is 480 g/mol. The first-order valence-electron chi connectivity index (χ1n) is 18.6. The Kier molecular flexibility index (Phi) is 17.3. The van der Waals surface area contributed by atoms with Crippen molar-refractivity contribution >= 4 is 0 Å². The Morgan fingerprint density at radius 1 is 0.475 bits per heavy atom. The Labute approximate surface area is 257 Å². The van der Waals surface area contributed by atoms with Gasteiger partial charge in [0.15, 0.2) is 0 Å². The molecule has 0 saturated heterocycles. The molecule has 0 spiro atoms. The van der Waals surface area contributed by atoms with Crippen molar-refractivity contribution in [3.63, 3.8) is 0 Å². The molecule has 242 valence electrons. The van der Waals surface area contributed by atoms with Gasteiger partial charge in [0.1, 0.15) is 0 Å². The molecule has 0 aromatic carbocycles. The van der Waals surface area contributed by atoms with Gasteiger partial charge in [-0.3, -0.25) is 0 Å². The van der Waals surface area contributed by atoms with Crippen LogP contribution in [0, 0.1) is 38.4 Å². The highest BCUT2D eigenvalue weighted by atomic mass is 14.6. The van der Waals surface area contributed by atoms with Gasteiger partial charge in [-0.05, 0) is 89.8 Å². The van der Waals surface area contributed by atoms with Crippen molar-refractivity contribution in [2.75, 3.05) is 0 Å². The number of rotatable bonds is 24. The average Bonchev–Trinajstić information content (AvgIpc) is 2.87. The molecule has 40 heavy (non-hydrogen) atoms. The standard InChI is InChI=1S/C40H82/c1-16-25-31-40(24-9,35(10,11)32-36(12,23-8)27-18-3)38(14,30-21-6)33-39(15,34(22-7)26-17-2)37(13,28-19-4)29-20-5/h34H,16-33H2,1-15H3. The van der Waals surface area contributed by atoms with Crippen molar-refractivity contribution in [3.05, 3.63) is 0 Å². The largest absolute Gasteiger partial charge is 0.0654 e. The van der Waals surface area contributed by atoms with Gasteiger partial charge >= 0.3 is 0 Å². The van der Waals surface area contributed by atoms with Crippen LogP contribution < -0.4 is 0 Å². The zero-order valence-corrected chi connectivity index (χ0v) is 31.3. The summed E-state index contributed by atoms with van der Waals surface area (Å²) in [6.07, 6.45) is 24.2. The van der Waals surface area contributed by atoms with Crippen LogP contribution in [0.4, 0.5) is 0 Å². The van der Waals surface area contributed by atoms with Gasteiger partial charge < -0.3 is 0 Å². The maximum Gasteiger partial charge on any atom is -0.0195 e. The van der Waals surface area contributed by atoms with Gasteiger partial charge in [0.25, 0.3) is 0 Å². The van der Waals surface area contributed by atoms with Gasteiger partial charge in [-0.25, -0.2) is 0 Å². The molecule has 0 aromatic rings. The molecule has 0 nitrogen and oxygen atoms in total. The molecule has 0 aliphatic heterocycles. The third kappa shape index (κ3) is 8.77. The van der Waals surface area contributed by atoms with Crippen LogP contribution in [0.3, 0.4) is 0 Å². The maximum absolute atomic E-state index is 2.82. The Balaban J connectivity index is 7.49. The van der Waals surface area contributed by atoms with Crippen molar-refractivity contribution < 1.29 is 0 Å². The molecule has 0 aliphatic carbocycles. The van der Waals surface area contributed by atoms with Gasteiger partial charge in [0.05, 0.1) is 0 Å². The van der Waals surface area contributed by atoms with Crippen LogP contribution in [0.1, 0.15) is 219 Å². The molecule has 0 aliphatic rings. The van der Waals surface area contributed by atoms with E-state index in [2.05, 4.69) is 104 Å². The quantitative estimate of drug-likeness (QED) is 0.110. The molecule has 0 N–H and O–H groups in total. The fourth-order valence-corrected chi connectivity index (χ4v) is 11.1. The SMILES string of the molecule is CCCCC(CC)(C(C)(C)CC(C)(CC)CCC)C(C)(CCC)CC(C)(C(CC)CCC)C(C)(CCC)CCC. The fraction of sp³-hybridized carbons (Fsp3) is 1.00. The molecule has 0 aromatic heterocycles. The van der Waals surface area contributed by atoms with Crippen molar-refractivity contribution in [1.82, 2.24) is 0 Å². The lowest BCUT2D eigenvalue weighted by Crippen LogP contribution is -2.56. The first-order valence-corrected chi connectivity index (χ1v) is 18.6. The predicted molar refractivity (Wildman–Crippen MR) is 186 cm³/mol. The molecule has 0 bridgehead atoms. The number of hydrogen-bond acceptors (Lipinski definition) is 0. The Bertz CT molecular complexity index is 653. The Morgan fingerprint density at radius 2 is 0.975 bits per heavy atom. The summed E-state index contributed by atoms with van der Waals surface area (Å²) in [5.41, 5.74) is 2.17. The topological polar surface area (TPSA) is 0 Å². The highest BCUT2D eigenvalue weighted by Gasteiger charge is 2.60. The van der Waals surface area contributed by atoms with Gasteiger partial charge in [-0.1, -0.05) is 168 Å². The third-order valence-electron chi connectivity index (χ3n) is 13.2. The molecule has 0 fully saturated rings. The van der Waals surface area contributed by atoms with E-state index in [1.54, 1.807) is 0 Å². The van der Waals surface area contributed by atoms with E-state index in [1.807, 2.05) is 0 Å². The minimum atomic E-state index is 0.306.